The van der Waals surface area contributed by atoms with Gasteiger partial charge in [-0.05, 0) is 33.1 Å². The average Bonchev–Trinajstić information content (AvgIpc) is 3.32. The van der Waals surface area contributed by atoms with Gasteiger partial charge in [-0.2, -0.15) is 0 Å². The third kappa shape index (κ3) is 21.8. The minimum Gasteiger partial charge on any atom is -0.462 e. The molecule has 0 aromatic carbocycles. The van der Waals surface area contributed by atoms with Crippen molar-refractivity contribution in [1.29, 1.82) is 0 Å². The number of nitrogens with one attached hydrogen (secondary N) is 2. The summed E-state index contributed by atoms with van der Waals surface area (Å²) < 4.78 is 35.1. The molecule has 19 unspecified atom stereocenters. The summed E-state index contributed by atoms with van der Waals surface area (Å²) in [5, 5.41) is 104. The molecule has 3 aliphatic rings. The number of carbonyl (C=O) groups excluding carboxylic acids is 3. The Hall–Kier alpha value is -4.39. The molecule has 0 aliphatic carbocycles. The fourth-order valence-corrected chi connectivity index (χ4v) is 8.71. The largest absolute Gasteiger partial charge is 0.462 e. The van der Waals surface area contributed by atoms with Gasteiger partial charge in [0.2, 0.25) is 5.91 Å². The minimum absolute atomic E-state index is 0.0798. The van der Waals surface area contributed by atoms with Crippen LogP contribution in [-0.2, 0) is 38.0 Å². The molecule has 11 N–H and O–H groups in total. The summed E-state index contributed by atoms with van der Waals surface area (Å²) in [5.41, 5.74) is 0. The Balaban J connectivity index is 1.96. The van der Waals surface area contributed by atoms with Gasteiger partial charge in [0.25, 0.3) is 0 Å². The molecule has 2 fully saturated rings. The molecule has 0 aromatic heterocycles. The van der Waals surface area contributed by atoms with E-state index in [1.165, 1.54) is 27.0 Å². The number of amides is 2. The number of alkyl carbamates (subject to hydrolysis) is 1. The highest BCUT2D eigenvalue weighted by molar-refractivity contribution is 5.73. The number of aliphatic hydroxyl groups excluding tert-OH is 9. The van der Waals surface area contributed by atoms with Gasteiger partial charge in [0.1, 0.15) is 24.9 Å². The molecule has 3 aliphatic heterocycles. The van der Waals surface area contributed by atoms with Crippen LogP contribution in [0, 0.1) is 11.8 Å². The number of fused-ring (bicyclic) bond motifs is 2. The van der Waals surface area contributed by atoms with Crippen molar-refractivity contribution < 1.29 is 88.8 Å². The van der Waals surface area contributed by atoms with Crippen LogP contribution in [0.15, 0.2) is 97.7 Å². The third-order valence-electron chi connectivity index (χ3n) is 13.0. The van der Waals surface area contributed by atoms with Gasteiger partial charge in [0.15, 0.2) is 12.1 Å². The molecule has 2 amide bonds. The molecular formula is C53H82N2O18. The number of esters is 1. The highest BCUT2D eigenvalue weighted by Gasteiger charge is 2.50. The molecule has 2 bridgehead atoms. The first-order chi connectivity index (χ1) is 34.6. The lowest BCUT2D eigenvalue weighted by Gasteiger charge is -2.48. The van der Waals surface area contributed by atoms with E-state index >= 15 is 0 Å². The second kappa shape index (κ2) is 32.1. The zero-order valence-electron chi connectivity index (χ0n) is 42.8. The quantitative estimate of drug-likeness (QED) is 0.129. The minimum atomic E-state index is -1.73. The van der Waals surface area contributed by atoms with Gasteiger partial charge in [-0.25, -0.2) is 4.79 Å². The average molecular weight is 1040 g/mol. The van der Waals surface area contributed by atoms with E-state index in [-0.39, 0.29) is 51.0 Å². The summed E-state index contributed by atoms with van der Waals surface area (Å²) in [5.74, 6) is -3.68. The summed E-state index contributed by atoms with van der Waals surface area (Å²) in [7, 11) is 1.29. The molecule has 0 spiro atoms. The van der Waals surface area contributed by atoms with Crippen molar-refractivity contribution in [2.45, 2.75) is 189 Å². The third-order valence-corrected chi connectivity index (χ3v) is 13.0. The summed E-state index contributed by atoms with van der Waals surface area (Å²) in [4.78, 5) is 37.7. The number of methoxy groups -OCH3 is 1. The number of hydrogen-bond donors (Lipinski definition) is 11. The first kappa shape index (κ1) is 62.9. The first-order valence-corrected chi connectivity index (χ1v) is 25.0. The molecule has 0 saturated carbocycles. The van der Waals surface area contributed by atoms with Crippen LogP contribution in [0.25, 0.3) is 0 Å². The number of hydrogen-bond acceptors (Lipinski definition) is 18. The van der Waals surface area contributed by atoms with E-state index in [0.717, 1.165) is 0 Å². The monoisotopic (exact) mass is 1030 g/mol. The van der Waals surface area contributed by atoms with E-state index < -0.39 is 140 Å². The highest BCUT2D eigenvalue weighted by Crippen LogP contribution is 2.37. The maximum atomic E-state index is 12.7. The lowest BCUT2D eigenvalue weighted by molar-refractivity contribution is -0.312. The van der Waals surface area contributed by atoms with E-state index in [2.05, 4.69) is 17.2 Å². The number of cyclic esters (lactones) is 1. The van der Waals surface area contributed by atoms with Crippen LogP contribution in [0.1, 0.15) is 86.0 Å². The molecule has 3 rings (SSSR count). The number of carbonyl (C=O) groups is 3. The van der Waals surface area contributed by atoms with Crippen LogP contribution in [-0.4, -0.2) is 181 Å². The summed E-state index contributed by atoms with van der Waals surface area (Å²) in [6.45, 7) is 11.4. The fraction of sp³-hybridized carbons (Fsp3) is 0.642. The lowest BCUT2D eigenvalue weighted by atomic mass is 9.86. The standard InChI is InChI=1S/C53H82N2O18/c1-8-25-69-52(67)55-47-49(65)35(5)71-51(50(47)66)72-40-22-20-18-16-14-12-10-9-11-13-15-17-19-21-32(2)48(64)33(3)34(4)70-45(63)28-38(58)26-37(57)23-24-41(60)42(61)27-39(59)30-53(68-7)31-43(62)46(54-36(6)56)44(29-40)73-53/h8-22,32-35,37-44,46-51,57-62,64-66H,1,23-31H2,2-7H3,(H,54,56)(H,55,67)/b10-9+,13-11+,14-12+,17-15+,18-16+,21-19+,22-20+. The summed E-state index contributed by atoms with van der Waals surface area (Å²) in [6.07, 6.45) is 5.84. The maximum Gasteiger partial charge on any atom is 0.407 e. The van der Waals surface area contributed by atoms with Gasteiger partial charge < -0.3 is 85.0 Å². The second-order valence-electron chi connectivity index (χ2n) is 19.1. The molecule has 73 heavy (non-hydrogen) atoms. The van der Waals surface area contributed by atoms with Gasteiger partial charge >= 0.3 is 12.1 Å². The Morgan fingerprint density at radius 2 is 1.30 bits per heavy atom. The fourth-order valence-electron chi connectivity index (χ4n) is 8.71. The van der Waals surface area contributed by atoms with Crippen molar-refractivity contribution in [2.75, 3.05) is 13.7 Å². The van der Waals surface area contributed by atoms with E-state index in [9.17, 15) is 60.3 Å². The smallest absolute Gasteiger partial charge is 0.407 e. The Morgan fingerprint density at radius 1 is 0.699 bits per heavy atom. The van der Waals surface area contributed by atoms with Gasteiger partial charge in [-0.15, -0.1) is 0 Å². The van der Waals surface area contributed by atoms with Gasteiger partial charge in [-0.1, -0.05) is 112 Å². The molecular weight excluding hydrogens is 953 g/mol. The first-order valence-electron chi connectivity index (χ1n) is 25.0. The number of rotatable bonds is 7. The Bertz CT molecular complexity index is 1910. The number of aliphatic hydroxyl groups is 9. The molecule has 0 radical (unpaired) electrons. The Kier molecular flexibility index (Phi) is 27.7. The van der Waals surface area contributed by atoms with E-state index in [1.807, 2.05) is 37.3 Å². The Labute approximate surface area is 429 Å². The predicted molar refractivity (Wildman–Crippen MR) is 269 cm³/mol. The van der Waals surface area contributed by atoms with Crippen LogP contribution < -0.4 is 10.6 Å². The van der Waals surface area contributed by atoms with E-state index in [1.54, 1.807) is 68.5 Å². The SMILES string of the molecule is C=CCOC(=O)NC1C(O)C(C)OC(OC2/C=C/C=C/C=C/C=C/C=C/C=C/C=C/C(C)C(O)C(C)C(C)OC(=O)CC(O)CC(O)CCC(O)C(O)CC(O)CC3(OC)CC(O)C(NC(C)=O)C(C2)O3)C1O. The van der Waals surface area contributed by atoms with Crippen molar-refractivity contribution in [2.24, 2.45) is 11.8 Å². The van der Waals surface area contributed by atoms with Crippen molar-refractivity contribution in [3.8, 4) is 0 Å². The van der Waals surface area contributed by atoms with Crippen molar-refractivity contribution >= 4 is 18.0 Å². The lowest BCUT2D eigenvalue weighted by Crippen LogP contribution is -2.64. The Morgan fingerprint density at radius 3 is 1.89 bits per heavy atom. The summed E-state index contributed by atoms with van der Waals surface area (Å²) in [6, 6.07) is -2.36. The molecule has 0 aromatic rings. The number of allylic oxidation sites excluding steroid dienone is 12. The van der Waals surface area contributed by atoms with Crippen LogP contribution >= 0.6 is 0 Å². The number of ether oxygens (including phenoxy) is 6. The van der Waals surface area contributed by atoms with Crippen molar-refractivity contribution in [3.63, 3.8) is 0 Å². The van der Waals surface area contributed by atoms with Gasteiger partial charge in [0.05, 0.1) is 79.5 Å². The molecule has 19 atom stereocenters. The van der Waals surface area contributed by atoms with E-state index in [0.29, 0.717) is 0 Å². The second-order valence-corrected chi connectivity index (χ2v) is 19.1. The molecule has 20 nitrogen and oxygen atoms in total. The predicted octanol–water partition coefficient (Wildman–Crippen LogP) is 2.12. The van der Waals surface area contributed by atoms with Crippen LogP contribution in [0.5, 0.6) is 0 Å². The van der Waals surface area contributed by atoms with Crippen LogP contribution in [0.3, 0.4) is 0 Å². The van der Waals surface area contributed by atoms with Gasteiger partial charge in [0, 0.05) is 51.6 Å². The van der Waals surface area contributed by atoms with Crippen molar-refractivity contribution in [1.82, 2.24) is 10.6 Å². The zero-order valence-corrected chi connectivity index (χ0v) is 42.8. The maximum absolute atomic E-state index is 12.7. The normalized spacial score (nSPS) is 41.5. The topological polar surface area (TPSA) is 313 Å². The van der Waals surface area contributed by atoms with Crippen molar-refractivity contribution in [3.05, 3.63) is 97.7 Å². The van der Waals surface area contributed by atoms with Gasteiger partial charge in [-0.3, -0.25) is 9.59 Å². The van der Waals surface area contributed by atoms with E-state index in [4.69, 9.17) is 28.4 Å². The summed E-state index contributed by atoms with van der Waals surface area (Å²) >= 11 is 0. The molecule has 20 heteroatoms. The van der Waals surface area contributed by atoms with Crippen LogP contribution in [0.4, 0.5) is 4.79 Å². The van der Waals surface area contributed by atoms with Crippen LogP contribution in [0.2, 0.25) is 0 Å². The molecule has 412 valence electrons. The highest BCUT2D eigenvalue weighted by atomic mass is 16.7. The zero-order chi connectivity index (χ0) is 54.3. The molecule has 2 saturated heterocycles. The molecule has 3 heterocycles.